The quantitative estimate of drug-likeness (QED) is 0.861. The maximum absolute atomic E-state index is 11.9. The van der Waals surface area contributed by atoms with Gasteiger partial charge in [0.05, 0.1) is 12.5 Å². The van der Waals surface area contributed by atoms with Gasteiger partial charge >= 0.3 is 0 Å². The van der Waals surface area contributed by atoms with E-state index in [4.69, 9.17) is 0 Å². The van der Waals surface area contributed by atoms with Crippen molar-refractivity contribution in [1.29, 1.82) is 0 Å². The molecule has 0 spiro atoms. The molecular formula is C13H15BrN2O2. The summed E-state index contributed by atoms with van der Waals surface area (Å²) in [7, 11) is 0. The Hall–Kier alpha value is -1.20. The molecule has 0 aliphatic carbocycles. The Labute approximate surface area is 114 Å². The molecule has 5 heteroatoms. The molecule has 0 radical (unpaired) electrons. The number of carbonyl (C=O) groups excluding carboxylic acids is 2. The number of carbonyl (C=O) groups is 2. The normalized spacial score (nSPS) is 19.7. The minimum Gasteiger partial charge on any atom is -0.301 e. The van der Waals surface area contributed by atoms with E-state index in [2.05, 4.69) is 21.2 Å². The lowest BCUT2D eigenvalue weighted by atomic mass is 10.2. The van der Waals surface area contributed by atoms with Gasteiger partial charge in [0.25, 0.3) is 0 Å². The molecular weight excluding hydrogens is 296 g/mol. The van der Waals surface area contributed by atoms with Gasteiger partial charge < -0.3 is 5.32 Å². The maximum atomic E-state index is 11.9. The van der Waals surface area contributed by atoms with Crippen LogP contribution in [0.3, 0.4) is 0 Å². The molecule has 1 aliphatic heterocycles. The second-order valence-corrected chi connectivity index (χ2v) is 5.16. The number of rotatable bonds is 4. The highest BCUT2D eigenvalue weighted by atomic mass is 79.9. The Morgan fingerprint density at radius 2 is 2.00 bits per heavy atom. The molecule has 1 aromatic rings. The van der Waals surface area contributed by atoms with Crippen molar-refractivity contribution in [2.75, 3.05) is 6.54 Å². The third-order valence-corrected chi connectivity index (χ3v) is 3.55. The predicted octanol–water partition coefficient (Wildman–Crippen LogP) is 1.69. The summed E-state index contributed by atoms with van der Waals surface area (Å²) >= 11 is 3.37. The number of likely N-dealkylation sites (tertiary alicyclic amines) is 1. The molecule has 1 aromatic carbocycles. The Morgan fingerprint density at radius 3 is 2.56 bits per heavy atom. The molecule has 1 saturated heterocycles. The fourth-order valence-corrected chi connectivity index (χ4v) is 2.28. The molecule has 1 N–H and O–H groups in total. The van der Waals surface area contributed by atoms with Crippen molar-refractivity contribution in [2.45, 2.75) is 25.9 Å². The van der Waals surface area contributed by atoms with Crippen molar-refractivity contribution in [1.82, 2.24) is 10.2 Å². The molecule has 96 valence electrons. The van der Waals surface area contributed by atoms with Crippen LogP contribution < -0.4 is 5.32 Å². The van der Waals surface area contributed by atoms with Crippen molar-refractivity contribution in [3.63, 3.8) is 0 Å². The summed E-state index contributed by atoms with van der Waals surface area (Å²) in [5, 5.41) is 3.13. The van der Waals surface area contributed by atoms with Crippen LogP contribution in [0.4, 0.5) is 0 Å². The van der Waals surface area contributed by atoms with Crippen molar-refractivity contribution < 1.29 is 9.59 Å². The highest BCUT2D eigenvalue weighted by Crippen LogP contribution is 2.14. The number of halogens is 1. The van der Waals surface area contributed by atoms with Crippen LogP contribution in [-0.4, -0.2) is 29.3 Å². The van der Waals surface area contributed by atoms with E-state index in [1.165, 1.54) is 4.90 Å². The standard InChI is InChI=1S/C13H15BrN2O2/c1-2-16-12(17)7-11(13(16)18)15-8-9-3-5-10(14)6-4-9/h3-6,11,15H,2,7-8H2,1H3. The molecule has 0 aromatic heterocycles. The van der Waals surface area contributed by atoms with E-state index in [1.807, 2.05) is 31.2 Å². The first-order valence-corrected chi connectivity index (χ1v) is 6.73. The van der Waals surface area contributed by atoms with E-state index in [0.717, 1.165) is 10.0 Å². The van der Waals surface area contributed by atoms with E-state index in [1.54, 1.807) is 0 Å². The highest BCUT2D eigenvalue weighted by molar-refractivity contribution is 9.10. The van der Waals surface area contributed by atoms with Crippen LogP contribution in [0.25, 0.3) is 0 Å². The minimum absolute atomic E-state index is 0.0872. The molecule has 1 atom stereocenters. The summed E-state index contributed by atoms with van der Waals surface area (Å²) in [6.45, 7) is 2.86. The summed E-state index contributed by atoms with van der Waals surface area (Å²) in [6, 6.07) is 7.50. The van der Waals surface area contributed by atoms with Crippen LogP contribution in [-0.2, 0) is 16.1 Å². The van der Waals surface area contributed by atoms with Gasteiger partial charge in [-0.25, -0.2) is 0 Å². The van der Waals surface area contributed by atoms with Crippen molar-refractivity contribution >= 4 is 27.7 Å². The molecule has 2 amide bonds. The van der Waals surface area contributed by atoms with E-state index in [0.29, 0.717) is 13.1 Å². The number of benzene rings is 1. The largest absolute Gasteiger partial charge is 0.301 e. The van der Waals surface area contributed by atoms with Crippen LogP contribution >= 0.6 is 15.9 Å². The summed E-state index contributed by atoms with van der Waals surface area (Å²) in [5.41, 5.74) is 1.09. The smallest absolute Gasteiger partial charge is 0.246 e. The molecule has 18 heavy (non-hydrogen) atoms. The monoisotopic (exact) mass is 310 g/mol. The van der Waals surface area contributed by atoms with Crippen LogP contribution in [0, 0.1) is 0 Å². The van der Waals surface area contributed by atoms with Gasteiger partial charge in [0, 0.05) is 17.6 Å². The third-order valence-electron chi connectivity index (χ3n) is 3.03. The zero-order chi connectivity index (χ0) is 13.1. The SMILES string of the molecule is CCN1C(=O)CC(NCc2ccc(Br)cc2)C1=O. The number of nitrogens with one attached hydrogen (secondary N) is 1. The van der Waals surface area contributed by atoms with Gasteiger partial charge in [0.2, 0.25) is 11.8 Å². The fourth-order valence-electron chi connectivity index (χ4n) is 2.02. The maximum Gasteiger partial charge on any atom is 0.246 e. The third kappa shape index (κ3) is 2.79. The zero-order valence-corrected chi connectivity index (χ0v) is 11.7. The van der Waals surface area contributed by atoms with Crippen LogP contribution in [0.1, 0.15) is 18.9 Å². The second-order valence-electron chi connectivity index (χ2n) is 4.24. The van der Waals surface area contributed by atoms with Crippen LogP contribution in [0.2, 0.25) is 0 Å². The molecule has 4 nitrogen and oxygen atoms in total. The van der Waals surface area contributed by atoms with Gasteiger partial charge in [0.1, 0.15) is 0 Å². The fraction of sp³-hybridized carbons (Fsp3) is 0.385. The Balaban J connectivity index is 1.93. The lowest BCUT2D eigenvalue weighted by Crippen LogP contribution is -2.38. The van der Waals surface area contributed by atoms with E-state index in [-0.39, 0.29) is 24.3 Å². The van der Waals surface area contributed by atoms with E-state index < -0.39 is 0 Å². The number of hydrogen-bond donors (Lipinski definition) is 1. The van der Waals surface area contributed by atoms with E-state index >= 15 is 0 Å². The molecule has 1 heterocycles. The summed E-state index contributed by atoms with van der Waals surface area (Å²) in [6.07, 6.45) is 0.267. The van der Waals surface area contributed by atoms with Crippen LogP contribution in [0.5, 0.6) is 0 Å². The molecule has 0 saturated carbocycles. The Bertz CT molecular complexity index is 459. The summed E-state index contributed by atoms with van der Waals surface area (Å²) in [4.78, 5) is 24.7. The average molecular weight is 311 g/mol. The zero-order valence-electron chi connectivity index (χ0n) is 10.1. The lowest BCUT2D eigenvalue weighted by molar-refractivity contribution is -0.138. The van der Waals surface area contributed by atoms with Gasteiger partial charge in [-0.1, -0.05) is 28.1 Å². The highest BCUT2D eigenvalue weighted by Gasteiger charge is 2.36. The molecule has 2 rings (SSSR count). The molecule has 0 bridgehead atoms. The Morgan fingerprint density at radius 1 is 1.33 bits per heavy atom. The Kier molecular flexibility index (Phi) is 4.14. The van der Waals surface area contributed by atoms with Gasteiger partial charge in [-0.2, -0.15) is 0 Å². The number of nitrogens with zero attached hydrogens (tertiary/aromatic N) is 1. The first kappa shape index (κ1) is 13.2. The summed E-state index contributed by atoms with van der Waals surface area (Å²) in [5.74, 6) is -0.199. The predicted molar refractivity (Wildman–Crippen MR) is 71.8 cm³/mol. The first-order valence-electron chi connectivity index (χ1n) is 5.94. The van der Waals surface area contributed by atoms with Gasteiger partial charge in [-0.3, -0.25) is 14.5 Å². The van der Waals surface area contributed by atoms with Crippen LogP contribution in [0.15, 0.2) is 28.7 Å². The second kappa shape index (κ2) is 5.63. The van der Waals surface area contributed by atoms with Gasteiger partial charge in [-0.15, -0.1) is 0 Å². The molecule has 1 fully saturated rings. The number of hydrogen-bond acceptors (Lipinski definition) is 3. The van der Waals surface area contributed by atoms with Gasteiger partial charge in [-0.05, 0) is 24.6 Å². The number of amides is 2. The molecule has 1 aliphatic rings. The van der Waals surface area contributed by atoms with Crippen molar-refractivity contribution in [2.24, 2.45) is 0 Å². The van der Waals surface area contributed by atoms with Gasteiger partial charge in [0.15, 0.2) is 0 Å². The van der Waals surface area contributed by atoms with E-state index in [9.17, 15) is 9.59 Å². The molecule has 1 unspecified atom stereocenters. The lowest BCUT2D eigenvalue weighted by Gasteiger charge is -2.13. The number of likely N-dealkylation sites (N-methyl/N-ethyl adjacent to an activating group) is 1. The average Bonchev–Trinajstić information content (AvgIpc) is 2.63. The van der Waals surface area contributed by atoms with Crippen molar-refractivity contribution in [3.8, 4) is 0 Å². The summed E-state index contributed by atoms with van der Waals surface area (Å²) < 4.78 is 1.02. The number of imide groups is 1. The van der Waals surface area contributed by atoms with Crippen molar-refractivity contribution in [3.05, 3.63) is 34.3 Å². The first-order chi connectivity index (χ1) is 8.61. The topological polar surface area (TPSA) is 49.4 Å². The minimum atomic E-state index is -0.374.